The number of carbonyl (C=O) groups is 1. The molecule has 1 aromatic carbocycles. The lowest BCUT2D eigenvalue weighted by Gasteiger charge is -2.31. The molecule has 0 spiro atoms. The van der Waals surface area contributed by atoms with E-state index in [0.29, 0.717) is 28.2 Å². The van der Waals surface area contributed by atoms with Crippen LogP contribution in [0.2, 0.25) is 0 Å². The molecule has 1 unspecified atom stereocenters. The van der Waals surface area contributed by atoms with Gasteiger partial charge in [0.2, 0.25) is 0 Å². The number of nitrogens with one attached hydrogen (secondary N) is 1. The van der Waals surface area contributed by atoms with Crippen LogP contribution in [0.4, 0.5) is 5.69 Å². The second-order valence-corrected chi connectivity index (χ2v) is 7.82. The summed E-state index contributed by atoms with van der Waals surface area (Å²) in [6.07, 6.45) is 6.79. The first kappa shape index (κ1) is 19.2. The Morgan fingerprint density at radius 3 is 2.62 bits per heavy atom. The number of fused-ring (bicyclic) bond motifs is 1. The van der Waals surface area contributed by atoms with E-state index in [9.17, 15) is 9.59 Å². The van der Waals surface area contributed by atoms with Crippen LogP contribution in [-0.4, -0.2) is 29.8 Å². The molecule has 2 heterocycles. The number of aromatic nitrogens is 1. The molecule has 2 aromatic rings. The smallest absolute Gasteiger partial charge is 0.274 e. The molecule has 2 aliphatic rings. The van der Waals surface area contributed by atoms with Crippen molar-refractivity contribution in [1.82, 2.24) is 4.57 Å². The van der Waals surface area contributed by atoms with Crippen LogP contribution in [0.15, 0.2) is 23.1 Å². The highest BCUT2D eigenvalue weighted by Gasteiger charge is 2.37. The number of pyridine rings is 1. The fourth-order valence-electron chi connectivity index (χ4n) is 4.49. The van der Waals surface area contributed by atoms with Crippen LogP contribution >= 0.6 is 0 Å². The van der Waals surface area contributed by atoms with Crippen LogP contribution in [0.3, 0.4) is 0 Å². The minimum Gasteiger partial charge on any atom is -0.497 e. The molecule has 152 valence electrons. The van der Waals surface area contributed by atoms with Crippen molar-refractivity contribution in [3.8, 4) is 22.6 Å². The number of methoxy groups -OCH3 is 1. The number of Topliss-reactive ketones (excluding diaryl/α,β-unsaturated/α-hetero) is 1. The van der Waals surface area contributed by atoms with Gasteiger partial charge in [-0.25, -0.2) is 0 Å². The summed E-state index contributed by atoms with van der Waals surface area (Å²) >= 11 is 0. The summed E-state index contributed by atoms with van der Waals surface area (Å²) in [7, 11) is 3.18. The summed E-state index contributed by atoms with van der Waals surface area (Å²) in [6, 6.07) is 3.63. The fourth-order valence-corrected chi connectivity index (χ4v) is 4.49. The van der Waals surface area contributed by atoms with Gasteiger partial charge in [-0.3, -0.25) is 9.59 Å². The van der Waals surface area contributed by atoms with Crippen LogP contribution < -0.4 is 20.8 Å². The maximum Gasteiger partial charge on any atom is 0.274 e. The molecular formula is C22H25N3O4. The van der Waals surface area contributed by atoms with E-state index in [-0.39, 0.29) is 29.4 Å². The molecule has 7 heteroatoms. The first-order chi connectivity index (χ1) is 13.9. The standard InChI is InChI=1S/C22H25N3O4/c1-25-11-17(16(10-23)19(24)22(25)27)15-9-14(28-2)7-13-8-18(26)21(29-20(13)15)12-5-3-4-6-12/h7,9-12,21,23H,3-6,8,24H2,1-2H3. The number of hydrogen-bond acceptors (Lipinski definition) is 6. The van der Waals surface area contributed by atoms with Gasteiger partial charge in [0.05, 0.1) is 7.11 Å². The second-order valence-electron chi connectivity index (χ2n) is 7.82. The van der Waals surface area contributed by atoms with Gasteiger partial charge in [0, 0.05) is 54.1 Å². The predicted octanol–water partition coefficient (Wildman–Crippen LogP) is 2.70. The number of carbonyl (C=O) groups excluding carboxylic acids is 1. The summed E-state index contributed by atoms with van der Waals surface area (Å²) in [5.74, 6) is 1.52. The van der Waals surface area contributed by atoms with Crippen molar-refractivity contribution in [1.29, 1.82) is 5.41 Å². The lowest BCUT2D eigenvalue weighted by Crippen LogP contribution is -2.38. The number of hydrogen-bond donors (Lipinski definition) is 2. The Bertz CT molecular complexity index is 1050. The van der Waals surface area contributed by atoms with E-state index in [0.717, 1.165) is 37.5 Å². The van der Waals surface area contributed by atoms with E-state index < -0.39 is 6.10 Å². The van der Waals surface area contributed by atoms with Gasteiger partial charge in [0.15, 0.2) is 11.9 Å². The molecule has 1 aliphatic heterocycles. The normalized spacial score (nSPS) is 19.0. The Hall–Kier alpha value is -3.09. The number of nitrogen functional groups attached to an aromatic ring is 1. The Morgan fingerprint density at radius 1 is 1.24 bits per heavy atom. The van der Waals surface area contributed by atoms with Crippen LogP contribution in [0, 0.1) is 11.3 Å². The van der Waals surface area contributed by atoms with Gasteiger partial charge in [-0.2, -0.15) is 0 Å². The second kappa shape index (κ2) is 7.39. The van der Waals surface area contributed by atoms with Gasteiger partial charge in [-0.15, -0.1) is 0 Å². The molecule has 1 aliphatic carbocycles. The molecule has 0 saturated heterocycles. The van der Waals surface area contributed by atoms with Crippen molar-refractivity contribution in [2.75, 3.05) is 12.8 Å². The lowest BCUT2D eigenvalue weighted by molar-refractivity contribution is -0.128. The molecule has 0 radical (unpaired) electrons. The van der Waals surface area contributed by atoms with Crippen molar-refractivity contribution in [3.63, 3.8) is 0 Å². The van der Waals surface area contributed by atoms with Gasteiger partial charge >= 0.3 is 0 Å². The van der Waals surface area contributed by atoms with E-state index >= 15 is 0 Å². The molecule has 1 saturated carbocycles. The van der Waals surface area contributed by atoms with Gasteiger partial charge in [0.25, 0.3) is 5.56 Å². The van der Waals surface area contributed by atoms with Crippen LogP contribution in [0.25, 0.3) is 11.1 Å². The van der Waals surface area contributed by atoms with Gasteiger partial charge in [0.1, 0.15) is 17.2 Å². The molecule has 4 rings (SSSR count). The van der Waals surface area contributed by atoms with Crippen molar-refractivity contribution in [2.24, 2.45) is 13.0 Å². The molecule has 3 N–H and O–H groups in total. The molecule has 0 bridgehead atoms. The van der Waals surface area contributed by atoms with E-state index in [1.165, 1.54) is 4.57 Å². The summed E-state index contributed by atoms with van der Waals surface area (Å²) in [5, 5.41) is 7.81. The Kier molecular flexibility index (Phi) is 4.90. The molecule has 7 nitrogen and oxygen atoms in total. The first-order valence-corrected chi connectivity index (χ1v) is 9.84. The number of nitrogens with zero attached hydrogens (tertiary/aromatic N) is 1. The van der Waals surface area contributed by atoms with Gasteiger partial charge in [-0.05, 0) is 25.0 Å². The average Bonchev–Trinajstić information content (AvgIpc) is 3.25. The van der Waals surface area contributed by atoms with E-state index in [2.05, 4.69) is 0 Å². The first-order valence-electron chi connectivity index (χ1n) is 9.84. The third kappa shape index (κ3) is 3.20. The van der Waals surface area contributed by atoms with Crippen LogP contribution in [0.5, 0.6) is 11.5 Å². The zero-order chi connectivity index (χ0) is 20.7. The van der Waals surface area contributed by atoms with E-state index in [4.69, 9.17) is 20.6 Å². The maximum absolute atomic E-state index is 12.8. The van der Waals surface area contributed by atoms with Crippen molar-refractivity contribution in [3.05, 3.63) is 39.8 Å². The van der Waals surface area contributed by atoms with Gasteiger partial charge < -0.3 is 25.2 Å². The van der Waals surface area contributed by atoms with Crippen molar-refractivity contribution >= 4 is 17.7 Å². The Labute approximate surface area is 168 Å². The largest absolute Gasteiger partial charge is 0.497 e. The summed E-state index contributed by atoms with van der Waals surface area (Å²) < 4.78 is 13.1. The number of aryl methyl sites for hydroxylation is 1. The minimum absolute atomic E-state index is 0.01000. The highest BCUT2D eigenvalue weighted by Crippen LogP contribution is 2.44. The highest BCUT2D eigenvalue weighted by molar-refractivity contribution is 5.97. The minimum atomic E-state index is -0.453. The third-order valence-electron chi connectivity index (χ3n) is 6.02. The number of ether oxygens (including phenoxy) is 2. The monoisotopic (exact) mass is 395 g/mol. The number of anilines is 1. The summed E-state index contributed by atoms with van der Waals surface area (Å²) in [5.41, 5.74) is 8.04. The third-order valence-corrected chi connectivity index (χ3v) is 6.02. The molecule has 1 fully saturated rings. The van der Waals surface area contributed by atoms with Crippen LogP contribution in [0.1, 0.15) is 36.8 Å². The molecule has 1 atom stereocenters. The molecular weight excluding hydrogens is 370 g/mol. The van der Waals surface area contributed by atoms with Gasteiger partial charge in [-0.1, -0.05) is 12.8 Å². The average molecular weight is 395 g/mol. The Morgan fingerprint density at radius 2 is 1.97 bits per heavy atom. The quantitative estimate of drug-likeness (QED) is 0.774. The SMILES string of the molecule is COc1cc2c(c(-c3cn(C)c(=O)c(N)c3C=N)c1)OC(C1CCCC1)C(=O)C2. The number of ketones is 1. The predicted molar refractivity (Wildman–Crippen MR) is 111 cm³/mol. The number of benzene rings is 1. The van der Waals surface area contributed by atoms with Crippen molar-refractivity contribution < 1.29 is 14.3 Å². The molecule has 29 heavy (non-hydrogen) atoms. The van der Waals surface area contributed by atoms with Crippen molar-refractivity contribution in [2.45, 2.75) is 38.2 Å². The summed E-state index contributed by atoms with van der Waals surface area (Å²) in [6.45, 7) is 0. The lowest BCUT2D eigenvalue weighted by atomic mass is 9.88. The number of nitrogens with two attached hydrogens (primary N) is 1. The van der Waals surface area contributed by atoms with E-state index in [1.807, 2.05) is 12.1 Å². The number of rotatable bonds is 4. The summed E-state index contributed by atoms with van der Waals surface area (Å²) in [4.78, 5) is 25.0. The zero-order valence-corrected chi connectivity index (χ0v) is 16.7. The highest BCUT2D eigenvalue weighted by atomic mass is 16.5. The zero-order valence-electron chi connectivity index (χ0n) is 16.7. The molecule has 0 amide bonds. The van der Waals surface area contributed by atoms with E-state index in [1.54, 1.807) is 20.4 Å². The fraction of sp³-hybridized carbons (Fsp3) is 0.409. The van der Waals surface area contributed by atoms with Crippen LogP contribution in [-0.2, 0) is 18.3 Å². The topological polar surface area (TPSA) is 107 Å². The maximum atomic E-state index is 12.8. The Balaban J connectivity index is 1.92. The molecule has 1 aromatic heterocycles.